The number of para-hydroxylation sites is 2. The molecule has 270 valence electrons. The molecule has 2 amide bonds. The second-order valence-corrected chi connectivity index (χ2v) is 14.9. The number of carbonyl (C=O) groups excluding carboxylic acids is 2. The topological polar surface area (TPSA) is 120 Å². The Labute approximate surface area is 294 Å². The number of benzene rings is 2. The highest BCUT2D eigenvalue weighted by atomic mass is 32.2. The number of amides is 2. The summed E-state index contributed by atoms with van der Waals surface area (Å²) in [5.41, 5.74) is 6.65. The summed E-state index contributed by atoms with van der Waals surface area (Å²) in [6, 6.07) is 11.7. The SMILES string of the molecule is CC(C)(C)OC(=O)N(CCCCCOc1ccc(C(F)(F)F)cc1)CC(=O)N1CCc2nc(SC3CCC3)n(-c3ccccc3N)c(=O)c2C1. The minimum atomic E-state index is -4.41. The van der Waals surface area contributed by atoms with Gasteiger partial charge in [0.25, 0.3) is 5.56 Å². The van der Waals surface area contributed by atoms with Gasteiger partial charge in [-0.15, -0.1) is 0 Å². The number of thioether (sulfide) groups is 1. The number of fused-ring (bicyclic) bond motifs is 1. The summed E-state index contributed by atoms with van der Waals surface area (Å²) in [5, 5.41) is 1.00. The van der Waals surface area contributed by atoms with Gasteiger partial charge in [-0.25, -0.2) is 9.78 Å². The maximum atomic E-state index is 14.1. The average molecular weight is 716 g/mol. The van der Waals surface area contributed by atoms with E-state index in [0.29, 0.717) is 71.0 Å². The molecule has 2 aliphatic rings. The van der Waals surface area contributed by atoms with Crippen molar-refractivity contribution in [2.45, 2.75) is 94.4 Å². The van der Waals surface area contributed by atoms with Gasteiger partial charge in [0.1, 0.15) is 17.9 Å². The van der Waals surface area contributed by atoms with Crippen molar-refractivity contribution in [2.24, 2.45) is 0 Å². The summed E-state index contributed by atoms with van der Waals surface area (Å²) < 4.78 is 51.2. The molecule has 14 heteroatoms. The number of anilines is 1. The molecule has 2 heterocycles. The maximum absolute atomic E-state index is 14.1. The Bertz CT molecular complexity index is 1720. The van der Waals surface area contributed by atoms with Gasteiger partial charge in [0.15, 0.2) is 5.16 Å². The fourth-order valence-corrected chi connectivity index (χ4v) is 6.94. The molecule has 2 aromatic carbocycles. The number of rotatable bonds is 12. The van der Waals surface area contributed by atoms with Gasteiger partial charge >= 0.3 is 12.3 Å². The number of aromatic nitrogens is 2. The molecule has 1 aliphatic carbocycles. The number of nitrogen functional groups attached to an aromatic ring is 1. The summed E-state index contributed by atoms with van der Waals surface area (Å²) in [6.45, 7) is 5.96. The number of carbonyl (C=O) groups is 2. The van der Waals surface area contributed by atoms with E-state index in [-0.39, 0.29) is 37.7 Å². The van der Waals surface area contributed by atoms with Crippen LogP contribution in [0.3, 0.4) is 0 Å². The van der Waals surface area contributed by atoms with Crippen molar-refractivity contribution in [2.75, 3.05) is 32.0 Å². The predicted octanol–water partition coefficient (Wildman–Crippen LogP) is 6.85. The van der Waals surface area contributed by atoms with Crippen molar-refractivity contribution < 1.29 is 32.2 Å². The highest BCUT2D eigenvalue weighted by Gasteiger charge is 2.32. The molecule has 3 aromatic rings. The quantitative estimate of drug-likeness (QED) is 0.123. The first-order valence-electron chi connectivity index (χ1n) is 16.9. The third-order valence-electron chi connectivity index (χ3n) is 8.55. The van der Waals surface area contributed by atoms with Gasteiger partial charge in [-0.05, 0) is 89.3 Å². The van der Waals surface area contributed by atoms with E-state index in [4.69, 9.17) is 20.2 Å². The van der Waals surface area contributed by atoms with Gasteiger partial charge in [0, 0.05) is 24.8 Å². The molecule has 0 unspecified atom stereocenters. The van der Waals surface area contributed by atoms with E-state index in [0.717, 1.165) is 31.4 Å². The highest BCUT2D eigenvalue weighted by molar-refractivity contribution is 7.99. The van der Waals surface area contributed by atoms with Crippen molar-refractivity contribution in [3.8, 4) is 11.4 Å². The molecule has 2 N–H and O–H groups in total. The van der Waals surface area contributed by atoms with Gasteiger partial charge < -0.3 is 20.1 Å². The first-order valence-corrected chi connectivity index (χ1v) is 17.8. The molecule has 10 nitrogen and oxygen atoms in total. The molecule has 0 atom stereocenters. The Balaban J connectivity index is 1.23. The van der Waals surface area contributed by atoms with Crippen LogP contribution in [-0.2, 0) is 28.7 Å². The number of nitrogens with two attached hydrogens (primary N) is 1. The number of hydrogen-bond donors (Lipinski definition) is 1. The molecule has 0 radical (unpaired) electrons. The van der Waals surface area contributed by atoms with Crippen LogP contribution >= 0.6 is 11.8 Å². The van der Waals surface area contributed by atoms with Crippen LogP contribution in [0.15, 0.2) is 58.5 Å². The predicted molar refractivity (Wildman–Crippen MR) is 185 cm³/mol. The smallest absolute Gasteiger partial charge is 0.416 e. The molecule has 1 saturated carbocycles. The molecule has 0 bridgehead atoms. The van der Waals surface area contributed by atoms with Crippen molar-refractivity contribution in [3.63, 3.8) is 0 Å². The van der Waals surface area contributed by atoms with Crippen LogP contribution in [0.4, 0.5) is 23.7 Å². The summed E-state index contributed by atoms with van der Waals surface area (Å²) >= 11 is 1.60. The Kier molecular flexibility index (Phi) is 11.7. The lowest BCUT2D eigenvalue weighted by Gasteiger charge is -2.32. The normalized spacial score (nSPS) is 14.9. The largest absolute Gasteiger partial charge is 0.494 e. The molecular weight excluding hydrogens is 671 g/mol. The minimum absolute atomic E-state index is 0.0601. The van der Waals surface area contributed by atoms with Gasteiger partial charge in [-0.3, -0.25) is 19.1 Å². The van der Waals surface area contributed by atoms with Crippen LogP contribution in [0, 0.1) is 0 Å². The zero-order valence-electron chi connectivity index (χ0n) is 28.6. The van der Waals surface area contributed by atoms with Crippen LogP contribution < -0.4 is 16.0 Å². The number of alkyl halides is 3. The Morgan fingerprint density at radius 3 is 2.40 bits per heavy atom. The Morgan fingerprint density at radius 1 is 1.04 bits per heavy atom. The first-order chi connectivity index (χ1) is 23.7. The van der Waals surface area contributed by atoms with Gasteiger partial charge in [0.2, 0.25) is 5.91 Å². The zero-order chi connectivity index (χ0) is 36.1. The molecular formula is C36H44F3N5O5S. The van der Waals surface area contributed by atoms with Gasteiger partial charge in [0.05, 0.1) is 41.3 Å². The lowest BCUT2D eigenvalue weighted by atomic mass is 10.0. The van der Waals surface area contributed by atoms with Crippen molar-refractivity contribution in [1.82, 2.24) is 19.4 Å². The second-order valence-electron chi connectivity index (χ2n) is 13.6. The number of nitrogens with zero attached hydrogens (tertiary/aromatic N) is 4. The van der Waals surface area contributed by atoms with E-state index in [2.05, 4.69) is 0 Å². The molecule has 5 rings (SSSR count). The maximum Gasteiger partial charge on any atom is 0.416 e. The van der Waals surface area contributed by atoms with E-state index < -0.39 is 23.4 Å². The van der Waals surface area contributed by atoms with Crippen LogP contribution in [0.25, 0.3) is 5.69 Å². The van der Waals surface area contributed by atoms with Crippen LogP contribution in [0.5, 0.6) is 5.75 Å². The molecule has 50 heavy (non-hydrogen) atoms. The third kappa shape index (κ3) is 9.52. The van der Waals surface area contributed by atoms with Crippen molar-refractivity contribution in [3.05, 3.63) is 75.7 Å². The summed E-state index contributed by atoms with van der Waals surface area (Å²) in [4.78, 5) is 48.8. The Hall–Kier alpha value is -4.20. The molecule has 0 spiro atoms. The Morgan fingerprint density at radius 2 is 1.76 bits per heavy atom. The summed E-state index contributed by atoms with van der Waals surface area (Å²) in [6.07, 6.45) is 0.428. The standard InChI is InChI=1S/C36H44F3N5O5S/c1-35(2,3)49-34(47)43(19-7-4-8-21-48-25-16-14-24(15-17-25)36(37,38)39)23-31(45)42-20-18-29-27(22-42)32(46)44(30-13-6-5-12-28(30)40)33(41-29)50-26-10-9-11-26/h5-6,12-17,26H,4,7-11,18-23,40H2,1-3H3. The van der Waals surface area contributed by atoms with Crippen molar-refractivity contribution in [1.29, 1.82) is 0 Å². The molecule has 1 aromatic heterocycles. The van der Waals surface area contributed by atoms with E-state index >= 15 is 0 Å². The lowest BCUT2D eigenvalue weighted by Crippen LogP contribution is -2.47. The minimum Gasteiger partial charge on any atom is -0.494 e. The molecule has 1 aliphatic heterocycles. The number of halogens is 3. The molecule has 1 fully saturated rings. The summed E-state index contributed by atoms with van der Waals surface area (Å²) in [5.74, 6) is 0.0230. The first kappa shape index (κ1) is 37.1. The third-order valence-corrected chi connectivity index (χ3v) is 9.84. The number of hydrogen-bond acceptors (Lipinski definition) is 8. The van der Waals surface area contributed by atoms with E-state index in [1.165, 1.54) is 17.0 Å². The van der Waals surface area contributed by atoms with E-state index in [9.17, 15) is 27.6 Å². The van der Waals surface area contributed by atoms with Crippen LogP contribution in [0.1, 0.15) is 76.1 Å². The highest BCUT2D eigenvalue weighted by Crippen LogP contribution is 2.37. The lowest BCUT2D eigenvalue weighted by molar-refractivity contribution is -0.137. The van der Waals surface area contributed by atoms with Crippen molar-refractivity contribution >= 4 is 29.4 Å². The van der Waals surface area contributed by atoms with Crippen LogP contribution in [-0.4, -0.2) is 68.4 Å². The average Bonchev–Trinajstić information content (AvgIpc) is 3.03. The van der Waals surface area contributed by atoms with E-state index in [1.54, 1.807) is 54.1 Å². The fraction of sp³-hybridized carbons (Fsp3) is 0.500. The monoisotopic (exact) mass is 715 g/mol. The number of unbranched alkanes of at least 4 members (excludes halogenated alkanes) is 2. The number of ether oxygens (including phenoxy) is 2. The van der Waals surface area contributed by atoms with Gasteiger partial charge in [-0.1, -0.05) is 30.3 Å². The summed E-state index contributed by atoms with van der Waals surface area (Å²) in [7, 11) is 0. The van der Waals surface area contributed by atoms with E-state index in [1.807, 2.05) is 12.1 Å². The van der Waals surface area contributed by atoms with Gasteiger partial charge in [-0.2, -0.15) is 13.2 Å². The zero-order valence-corrected chi connectivity index (χ0v) is 29.4. The molecule has 0 saturated heterocycles. The second kappa shape index (κ2) is 15.8. The van der Waals surface area contributed by atoms with Crippen LogP contribution in [0.2, 0.25) is 0 Å². The fourth-order valence-electron chi connectivity index (χ4n) is 5.62.